The van der Waals surface area contributed by atoms with E-state index in [4.69, 9.17) is 0 Å². The maximum absolute atomic E-state index is 10.8. The molecule has 104 valence electrons. The molecule has 0 saturated heterocycles. The van der Waals surface area contributed by atoms with Crippen molar-refractivity contribution >= 4 is 11.4 Å². The monoisotopic (exact) mass is 262 g/mol. The minimum Gasteiger partial charge on any atom is -0.385 e. The van der Waals surface area contributed by atoms with Crippen LogP contribution < -0.4 is 5.32 Å². The molecule has 1 saturated carbocycles. The molecule has 2 atom stereocenters. The van der Waals surface area contributed by atoms with Crippen LogP contribution in [-0.2, 0) is 0 Å². The number of anilines is 1. The summed E-state index contributed by atoms with van der Waals surface area (Å²) in [5.41, 5.74) is 1.89. The Labute approximate surface area is 114 Å². The summed E-state index contributed by atoms with van der Waals surface area (Å²) in [6, 6.07) is 5.25. The lowest BCUT2D eigenvalue weighted by Crippen LogP contribution is -2.21. The second-order valence-corrected chi connectivity index (χ2v) is 5.78. The van der Waals surface area contributed by atoms with Gasteiger partial charge < -0.3 is 5.32 Å². The molecule has 0 amide bonds. The molecule has 2 unspecified atom stereocenters. The topological polar surface area (TPSA) is 55.2 Å². The Hall–Kier alpha value is -1.58. The first-order chi connectivity index (χ1) is 9.06. The number of nitro groups is 1. The number of nitrogens with one attached hydrogen (secondary N) is 1. The summed E-state index contributed by atoms with van der Waals surface area (Å²) < 4.78 is 0. The SMILES string of the molecule is Cc1cc(NCC2CCCC(C)C2)ccc1[N+](=O)[O-]. The molecule has 0 spiro atoms. The van der Waals surface area contributed by atoms with Gasteiger partial charge in [0.05, 0.1) is 4.92 Å². The molecule has 1 aromatic rings. The molecule has 1 aromatic carbocycles. The summed E-state index contributed by atoms with van der Waals surface area (Å²) in [6.45, 7) is 5.08. The van der Waals surface area contributed by atoms with Gasteiger partial charge in [-0.15, -0.1) is 0 Å². The van der Waals surface area contributed by atoms with Gasteiger partial charge in [0.15, 0.2) is 0 Å². The first-order valence-electron chi connectivity index (χ1n) is 7.05. The number of hydrogen-bond donors (Lipinski definition) is 1. The fourth-order valence-electron chi connectivity index (χ4n) is 2.98. The van der Waals surface area contributed by atoms with Crippen LogP contribution in [0.15, 0.2) is 18.2 Å². The third kappa shape index (κ3) is 3.69. The van der Waals surface area contributed by atoms with Crippen molar-refractivity contribution in [3.63, 3.8) is 0 Å². The quantitative estimate of drug-likeness (QED) is 0.655. The van der Waals surface area contributed by atoms with Gasteiger partial charge in [0.25, 0.3) is 5.69 Å². The molecular weight excluding hydrogens is 240 g/mol. The lowest BCUT2D eigenvalue weighted by atomic mass is 9.82. The van der Waals surface area contributed by atoms with Crippen molar-refractivity contribution < 1.29 is 4.92 Å². The van der Waals surface area contributed by atoms with Gasteiger partial charge in [-0.2, -0.15) is 0 Å². The zero-order valence-electron chi connectivity index (χ0n) is 11.7. The second kappa shape index (κ2) is 6.04. The second-order valence-electron chi connectivity index (χ2n) is 5.78. The van der Waals surface area contributed by atoms with Gasteiger partial charge >= 0.3 is 0 Å². The van der Waals surface area contributed by atoms with E-state index in [9.17, 15) is 10.1 Å². The van der Waals surface area contributed by atoms with Crippen LogP contribution in [0.25, 0.3) is 0 Å². The zero-order chi connectivity index (χ0) is 13.8. The molecule has 0 aromatic heterocycles. The summed E-state index contributed by atoms with van der Waals surface area (Å²) in [7, 11) is 0. The van der Waals surface area contributed by atoms with Crippen molar-refractivity contribution in [1.82, 2.24) is 0 Å². The van der Waals surface area contributed by atoms with Gasteiger partial charge in [-0.25, -0.2) is 0 Å². The molecule has 1 N–H and O–H groups in total. The Morgan fingerprint density at radius 2 is 2.21 bits per heavy atom. The maximum Gasteiger partial charge on any atom is 0.272 e. The summed E-state index contributed by atoms with van der Waals surface area (Å²) in [4.78, 5) is 10.4. The molecule has 0 heterocycles. The number of benzene rings is 1. The molecule has 0 bridgehead atoms. The molecule has 2 rings (SSSR count). The Kier molecular flexibility index (Phi) is 4.40. The first kappa shape index (κ1) is 13.8. The average molecular weight is 262 g/mol. The molecule has 4 heteroatoms. The summed E-state index contributed by atoms with van der Waals surface area (Å²) in [5.74, 6) is 1.57. The summed E-state index contributed by atoms with van der Waals surface area (Å²) >= 11 is 0. The molecular formula is C15H22N2O2. The van der Waals surface area contributed by atoms with Gasteiger partial charge in [0, 0.05) is 23.9 Å². The van der Waals surface area contributed by atoms with Crippen molar-refractivity contribution in [3.05, 3.63) is 33.9 Å². The molecule has 1 aliphatic carbocycles. The lowest BCUT2D eigenvalue weighted by Gasteiger charge is -2.27. The van der Waals surface area contributed by atoms with Crippen molar-refractivity contribution in [1.29, 1.82) is 0 Å². The van der Waals surface area contributed by atoms with E-state index in [0.717, 1.165) is 24.1 Å². The molecule has 0 radical (unpaired) electrons. The third-order valence-electron chi connectivity index (χ3n) is 4.03. The highest BCUT2D eigenvalue weighted by Gasteiger charge is 2.18. The van der Waals surface area contributed by atoms with Crippen molar-refractivity contribution in [2.45, 2.75) is 39.5 Å². The highest BCUT2D eigenvalue weighted by Crippen LogP contribution is 2.29. The van der Waals surface area contributed by atoms with Crippen LogP contribution >= 0.6 is 0 Å². The van der Waals surface area contributed by atoms with E-state index in [-0.39, 0.29) is 10.6 Å². The highest BCUT2D eigenvalue weighted by molar-refractivity contribution is 5.53. The van der Waals surface area contributed by atoms with Crippen LogP contribution in [-0.4, -0.2) is 11.5 Å². The van der Waals surface area contributed by atoms with E-state index in [1.807, 2.05) is 6.07 Å². The minimum absolute atomic E-state index is 0.192. The van der Waals surface area contributed by atoms with Gasteiger partial charge in [0.1, 0.15) is 0 Å². The number of nitrogens with zero attached hydrogens (tertiary/aromatic N) is 1. The van der Waals surface area contributed by atoms with Crippen LogP contribution in [0.3, 0.4) is 0 Å². The fourth-order valence-corrected chi connectivity index (χ4v) is 2.98. The average Bonchev–Trinajstić information content (AvgIpc) is 2.36. The van der Waals surface area contributed by atoms with E-state index in [1.54, 1.807) is 19.1 Å². The lowest BCUT2D eigenvalue weighted by molar-refractivity contribution is -0.385. The van der Waals surface area contributed by atoms with E-state index < -0.39 is 0 Å². The Morgan fingerprint density at radius 3 is 2.84 bits per heavy atom. The fraction of sp³-hybridized carbons (Fsp3) is 0.600. The van der Waals surface area contributed by atoms with Gasteiger partial charge in [-0.1, -0.05) is 19.8 Å². The van der Waals surface area contributed by atoms with Crippen LogP contribution in [0.2, 0.25) is 0 Å². The largest absolute Gasteiger partial charge is 0.385 e. The smallest absolute Gasteiger partial charge is 0.272 e. The Morgan fingerprint density at radius 1 is 1.42 bits per heavy atom. The van der Waals surface area contributed by atoms with Crippen molar-refractivity contribution in [2.75, 3.05) is 11.9 Å². The highest BCUT2D eigenvalue weighted by atomic mass is 16.6. The number of hydrogen-bond acceptors (Lipinski definition) is 3. The van der Waals surface area contributed by atoms with Gasteiger partial charge in [-0.05, 0) is 43.7 Å². The summed E-state index contributed by atoms with van der Waals surface area (Å²) in [6.07, 6.45) is 5.27. The van der Waals surface area contributed by atoms with Crippen LogP contribution in [0.1, 0.15) is 38.2 Å². The minimum atomic E-state index is -0.331. The third-order valence-corrected chi connectivity index (χ3v) is 4.03. The van der Waals surface area contributed by atoms with E-state index in [0.29, 0.717) is 5.56 Å². The van der Waals surface area contributed by atoms with Crippen molar-refractivity contribution in [2.24, 2.45) is 11.8 Å². The van der Waals surface area contributed by atoms with E-state index in [2.05, 4.69) is 12.2 Å². The Balaban J connectivity index is 1.92. The number of rotatable bonds is 4. The van der Waals surface area contributed by atoms with Crippen molar-refractivity contribution in [3.8, 4) is 0 Å². The van der Waals surface area contributed by atoms with Gasteiger partial charge in [0.2, 0.25) is 0 Å². The normalized spacial score (nSPS) is 23.1. The van der Waals surface area contributed by atoms with Crippen LogP contribution in [0.5, 0.6) is 0 Å². The number of aryl methyl sites for hydroxylation is 1. The number of nitro benzene ring substituents is 1. The standard InChI is InChI=1S/C15H22N2O2/c1-11-4-3-5-13(8-11)10-16-14-6-7-15(17(18)19)12(2)9-14/h6-7,9,11,13,16H,3-5,8,10H2,1-2H3. The maximum atomic E-state index is 10.8. The van der Waals surface area contributed by atoms with Crippen LogP contribution in [0, 0.1) is 28.9 Å². The van der Waals surface area contributed by atoms with Gasteiger partial charge in [-0.3, -0.25) is 10.1 Å². The Bertz CT molecular complexity index is 459. The molecule has 0 aliphatic heterocycles. The summed E-state index contributed by atoms with van der Waals surface area (Å²) in [5, 5.41) is 14.2. The molecule has 19 heavy (non-hydrogen) atoms. The predicted octanol–water partition coefficient (Wildman–Crippen LogP) is 4.14. The zero-order valence-corrected chi connectivity index (χ0v) is 11.7. The molecule has 4 nitrogen and oxygen atoms in total. The molecule has 1 aliphatic rings. The molecule has 1 fully saturated rings. The van der Waals surface area contributed by atoms with E-state index in [1.165, 1.54) is 25.7 Å². The van der Waals surface area contributed by atoms with Crippen LogP contribution in [0.4, 0.5) is 11.4 Å². The van der Waals surface area contributed by atoms with E-state index >= 15 is 0 Å². The predicted molar refractivity (Wildman–Crippen MR) is 77.4 cm³/mol. The first-order valence-corrected chi connectivity index (χ1v) is 7.05.